The van der Waals surface area contributed by atoms with Crippen LogP contribution in [0.2, 0.25) is 0 Å². The minimum absolute atomic E-state index is 0.0400. The minimum Gasteiger partial charge on any atom is -0.493 e. The monoisotopic (exact) mass is 352 g/mol. The summed E-state index contributed by atoms with van der Waals surface area (Å²) in [6, 6.07) is 9.31. The molecule has 0 N–H and O–H groups in total. The Morgan fingerprint density at radius 2 is 1.69 bits per heavy atom. The quantitative estimate of drug-likeness (QED) is 0.605. The van der Waals surface area contributed by atoms with E-state index in [1.807, 2.05) is 24.3 Å². The van der Waals surface area contributed by atoms with Gasteiger partial charge in [-0.2, -0.15) is 0 Å². The number of rotatable bonds is 5. The van der Waals surface area contributed by atoms with Crippen molar-refractivity contribution in [2.45, 2.75) is 25.7 Å². The minimum atomic E-state index is -0.249. The first-order valence-corrected chi connectivity index (χ1v) is 8.76. The largest absolute Gasteiger partial charge is 0.493 e. The molecule has 0 unspecified atom stereocenters. The third-order valence-electron chi connectivity index (χ3n) is 4.98. The molecule has 0 amide bonds. The maximum absolute atomic E-state index is 12.3. The Balaban J connectivity index is 1.88. The van der Waals surface area contributed by atoms with Crippen LogP contribution < -0.4 is 14.2 Å². The van der Waals surface area contributed by atoms with Crippen molar-refractivity contribution in [2.24, 2.45) is 5.92 Å². The van der Waals surface area contributed by atoms with Gasteiger partial charge in [-0.1, -0.05) is 18.2 Å². The van der Waals surface area contributed by atoms with E-state index < -0.39 is 0 Å². The molecule has 2 aliphatic carbocycles. The number of fused-ring (bicyclic) bond motifs is 1. The van der Waals surface area contributed by atoms with E-state index in [-0.39, 0.29) is 17.7 Å². The predicted octanol–water partition coefficient (Wildman–Crippen LogP) is 3.82. The molecule has 0 saturated heterocycles. The highest BCUT2D eigenvalue weighted by Crippen LogP contribution is 2.47. The molecule has 0 heterocycles. The van der Waals surface area contributed by atoms with Crippen molar-refractivity contribution in [3.05, 3.63) is 41.5 Å². The number of Topliss-reactive ketones (excluding diaryl/α,β-unsaturated/α-hetero) is 1. The number of hydrogen-bond donors (Lipinski definition) is 0. The second-order valence-corrected chi connectivity index (χ2v) is 6.63. The highest BCUT2D eigenvalue weighted by atomic mass is 16.6. The third-order valence-corrected chi connectivity index (χ3v) is 4.98. The van der Waals surface area contributed by atoms with E-state index in [1.54, 1.807) is 13.2 Å². The Labute approximate surface area is 151 Å². The number of carbonyl (C=O) groups excluding carboxylic acids is 2. The molecule has 0 radical (unpaired) electrons. The van der Waals surface area contributed by atoms with Gasteiger partial charge in [-0.15, -0.1) is 0 Å². The van der Waals surface area contributed by atoms with Crippen molar-refractivity contribution >= 4 is 11.8 Å². The van der Waals surface area contributed by atoms with Crippen LogP contribution in [0.3, 0.4) is 0 Å². The highest BCUT2D eigenvalue weighted by Gasteiger charge is 2.34. The second-order valence-electron chi connectivity index (χ2n) is 6.63. The summed E-state index contributed by atoms with van der Waals surface area (Å²) in [7, 11) is 3.07. The van der Waals surface area contributed by atoms with Crippen molar-refractivity contribution in [1.29, 1.82) is 0 Å². The molecule has 2 aliphatic rings. The first kappa shape index (κ1) is 16.6. The molecule has 2 aromatic carbocycles. The summed E-state index contributed by atoms with van der Waals surface area (Å²) in [6.45, 7) is 0. The maximum atomic E-state index is 12.3. The van der Waals surface area contributed by atoms with Crippen LogP contribution in [0.1, 0.15) is 35.2 Å². The average Bonchev–Trinajstić information content (AvgIpc) is 3.45. The molecular formula is C21H20O5. The molecule has 0 atom stereocenters. The van der Waals surface area contributed by atoms with Gasteiger partial charge in [0, 0.05) is 17.5 Å². The Bertz CT molecular complexity index is 896. The molecule has 1 fully saturated rings. The fraction of sp³-hybridized carbons (Fsp3) is 0.333. The summed E-state index contributed by atoms with van der Waals surface area (Å²) in [5.41, 5.74) is 3.38. The average molecular weight is 352 g/mol. The van der Waals surface area contributed by atoms with Crippen LogP contribution in [0.25, 0.3) is 11.1 Å². The number of ether oxygens (including phenoxy) is 3. The molecule has 2 aromatic rings. The van der Waals surface area contributed by atoms with E-state index >= 15 is 0 Å². The number of benzene rings is 2. The summed E-state index contributed by atoms with van der Waals surface area (Å²) in [5.74, 6) is 1.11. The topological polar surface area (TPSA) is 61.8 Å². The summed E-state index contributed by atoms with van der Waals surface area (Å²) in [4.78, 5) is 24.4. The van der Waals surface area contributed by atoms with Gasteiger partial charge in [-0.25, -0.2) is 0 Å². The number of hydrogen-bond acceptors (Lipinski definition) is 5. The lowest BCUT2D eigenvalue weighted by Crippen LogP contribution is -2.12. The molecule has 0 spiro atoms. The van der Waals surface area contributed by atoms with Gasteiger partial charge in [0.2, 0.25) is 5.75 Å². The molecular weight excluding hydrogens is 332 g/mol. The molecule has 1 saturated carbocycles. The lowest BCUT2D eigenvalue weighted by molar-refractivity contribution is -0.135. The summed E-state index contributed by atoms with van der Waals surface area (Å²) >= 11 is 0. The van der Waals surface area contributed by atoms with E-state index in [9.17, 15) is 9.59 Å². The zero-order valence-corrected chi connectivity index (χ0v) is 14.8. The zero-order valence-electron chi connectivity index (χ0n) is 14.8. The fourth-order valence-electron chi connectivity index (χ4n) is 3.46. The van der Waals surface area contributed by atoms with Gasteiger partial charge in [0.05, 0.1) is 20.1 Å². The Morgan fingerprint density at radius 1 is 0.923 bits per heavy atom. The third kappa shape index (κ3) is 2.73. The van der Waals surface area contributed by atoms with E-state index in [2.05, 4.69) is 0 Å². The molecule has 0 aromatic heterocycles. The Kier molecular flexibility index (Phi) is 4.15. The normalized spacial score (nSPS) is 15.5. The predicted molar refractivity (Wildman–Crippen MR) is 96.0 cm³/mol. The molecule has 0 bridgehead atoms. The number of methoxy groups -OCH3 is 2. The van der Waals surface area contributed by atoms with Crippen molar-refractivity contribution in [3.63, 3.8) is 0 Å². The van der Waals surface area contributed by atoms with Crippen molar-refractivity contribution in [1.82, 2.24) is 0 Å². The number of carbonyl (C=O) groups is 2. The summed E-state index contributed by atoms with van der Waals surface area (Å²) in [5, 5.41) is 0. The van der Waals surface area contributed by atoms with Crippen LogP contribution in [-0.2, 0) is 11.2 Å². The Morgan fingerprint density at radius 3 is 2.38 bits per heavy atom. The summed E-state index contributed by atoms with van der Waals surface area (Å²) < 4.78 is 16.6. The summed E-state index contributed by atoms with van der Waals surface area (Å²) in [6.07, 6.45) is 2.91. The molecule has 134 valence electrons. The SMILES string of the molecule is COc1ccc(-c2cccc3c2CCC3=O)c(OC(=O)C2CC2)c1OC. The van der Waals surface area contributed by atoms with Gasteiger partial charge in [0.25, 0.3) is 0 Å². The second kappa shape index (κ2) is 6.48. The Hall–Kier alpha value is -2.82. The maximum Gasteiger partial charge on any atom is 0.314 e. The van der Waals surface area contributed by atoms with Crippen LogP contribution >= 0.6 is 0 Å². The molecule has 0 aliphatic heterocycles. The van der Waals surface area contributed by atoms with Gasteiger partial charge < -0.3 is 14.2 Å². The van der Waals surface area contributed by atoms with Crippen LogP contribution in [0.5, 0.6) is 17.2 Å². The first-order valence-electron chi connectivity index (χ1n) is 8.76. The fourth-order valence-corrected chi connectivity index (χ4v) is 3.46. The van der Waals surface area contributed by atoms with Gasteiger partial charge >= 0.3 is 5.97 Å². The van der Waals surface area contributed by atoms with E-state index in [4.69, 9.17) is 14.2 Å². The van der Waals surface area contributed by atoms with Crippen molar-refractivity contribution in [3.8, 4) is 28.4 Å². The van der Waals surface area contributed by atoms with Gasteiger partial charge in [-0.05, 0) is 42.5 Å². The zero-order chi connectivity index (χ0) is 18.3. The molecule has 5 heteroatoms. The van der Waals surface area contributed by atoms with Crippen molar-refractivity contribution in [2.75, 3.05) is 14.2 Å². The lowest BCUT2D eigenvalue weighted by atomic mass is 9.95. The number of esters is 1. The van der Waals surface area contributed by atoms with Gasteiger partial charge in [-0.3, -0.25) is 9.59 Å². The van der Waals surface area contributed by atoms with E-state index in [0.717, 1.165) is 35.1 Å². The van der Waals surface area contributed by atoms with Gasteiger partial charge in [0.1, 0.15) is 0 Å². The lowest BCUT2D eigenvalue weighted by Gasteiger charge is -2.18. The van der Waals surface area contributed by atoms with E-state index in [1.165, 1.54) is 7.11 Å². The van der Waals surface area contributed by atoms with Crippen molar-refractivity contribution < 1.29 is 23.8 Å². The molecule has 4 rings (SSSR count). The first-order chi connectivity index (χ1) is 12.6. The smallest absolute Gasteiger partial charge is 0.314 e. The van der Waals surface area contributed by atoms with Crippen LogP contribution in [0, 0.1) is 5.92 Å². The highest BCUT2D eigenvalue weighted by molar-refractivity contribution is 6.03. The van der Waals surface area contributed by atoms with E-state index in [0.29, 0.717) is 30.1 Å². The molecule has 26 heavy (non-hydrogen) atoms. The van der Waals surface area contributed by atoms with Crippen LogP contribution in [0.15, 0.2) is 30.3 Å². The number of ketones is 1. The molecule has 5 nitrogen and oxygen atoms in total. The standard InChI is InChI=1S/C21H20O5/c1-24-18-11-9-16(13-4-3-5-15-14(13)8-10-17(15)22)19(20(18)25-2)26-21(23)12-6-7-12/h3-5,9,11-12H,6-8,10H2,1-2H3. The van der Waals surface area contributed by atoms with Gasteiger partial charge in [0.15, 0.2) is 17.3 Å². The van der Waals surface area contributed by atoms with Crippen LogP contribution in [-0.4, -0.2) is 26.0 Å². The van der Waals surface area contributed by atoms with Crippen LogP contribution in [0.4, 0.5) is 0 Å².